The van der Waals surface area contributed by atoms with E-state index >= 15 is 0 Å². The van der Waals surface area contributed by atoms with Gasteiger partial charge in [-0.05, 0) is 43.4 Å². The molecule has 11 heteroatoms. The summed E-state index contributed by atoms with van der Waals surface area (Å²) in [5.74, 6) is -0.179. The molecular formula is C20H27N5O4S2. The van der Waals surface area contributed by atoms with Crippen LogP contribution in [0.25, 0.3) is 10.7 Å². The van der Waals surface area contributed by atoms with Crippen molar-refractivity contribution in [2.75, 3.05) is 33.3 Å². The molecule has 1 saturated heterocycles. The average Bonchev–Trinajstić information content (AvgIpc) is 3.42. The summed E-state index contributed by atoms with van der Waals surface area (Å²) in [6.45, 7) is 3.37. The standard InChI is InChI=1S/C20H27N5O4S2/c1-3-29-19(28)14-6-4-9-24(12-14)17(27)13-23(2)16(26)8-10-25-18(21-22-20(25)30)15-7-5-11-31-15/h5,7,11,14H,3-4,6,8-10,12-13H2,1-2H3,(H,22,30). The smallest absolute Gasteiger partial charge is 0.310 e. The van der Waals surface area contributed by atoms with Crippen molar-refractivity contribution in [2.45, 2.75) is 32.7 Å². The third-order valence-electron chi connectivity index (χ3n) is 5.24. The van der Waals surface area contributed by atoms with Gasteiger partial charge in [0.2, 0.25) is 11.8 Å². The van der Waals surface area contributed by atoms with Gasteiger partial charge in [-0.25, -0.2) is 0 Å². The Balaban J connectivity index is 1.53. The zero-order valence-corrected chi connectivity index (χ0v) is 19.3. The number of nitrogens with zero attached hydrogens (tertiary/aromatic N) is 4. The topological polar surface area (TPSA) is 101 Å². The second kappa shape index (κ2) is 10.7. The van der Waals surface area contributed by atoms with Gasteiger partial charge < -0.3 is 14.5 Å². The molecule has 3 rings (SSSR count). The number of piperidine rings is 1. The van der Waals surface area contributed by atoms with Crippen LogP contribution in [0.3, 0.4) is 0 Å². The third kappa shape index (κ3) is 5.79. The Labute approximate surface area is 190 Å². The lowest BCUT2D eigenvalue weighted by Crippen LogP contribution is -2.47. The predicted octanol–water partition coefficient (Wildman–Crippen LogP) is 2.32. The van der Waals surface area contributed by atoms with Crippen molar-refractivity contribution in [1.82, 2.24) is 24.6 Å². The Bertz CT molecular complexity index is 969. The molecule has 0 saturated carbocycles. The van der Waals surface area contributed by atoms with Gasteiger partial charge in [0, 0.05) is 33.1 Å². The number of H-pyrrole nitrogens is 1. The van der Waals surface area contributed by atoms with Gasteiger partial charge in [0.1, 0.15) is 0 Å². The van der Waals surface area contributed by atoms with E-state index in [9.17, 15) is 14.4 Å². The molecule has 0 spiro atoms. The van der Waals surface area contributed by atoms with Crippen molar-refractivity contribution in [3.8, 4) is 10.7 Å². The van der Waals surface area contributed by atoms with E-state index in [1.807, 2.05) is 17.5 Å². The summed E-state index contributed by atoms with van der Waals surface area (Å²) in [4.78, 5) is 41.3. The minimum atomic E-state index is -0.294. The second-order valence-electron chi connectivity index (χ2n) is 7.41. The van der Waals surface area contributed by atoms with Crippen LogP contribution in [0.1, 0.15) is 26.2 Å². The van der Waals surface area contributed by atoms with Crippen LogP contribution in [0.15, 0.2) is 17.5 Å². The second-order valence-corrected chi connectivity index (χ2v) is 8.75. The van der Waals surface area contributed by atoms with Crippen molar-refractivity contribution < 1.29 is 19.1 Å². The number of likely N-dealkylation sites (N-methyl/N-ethyl adjacent to an activating group) is 1. The van der Waals surface area contributed by atoms with E-state index in [-0.39, 0.29) is 36.7 Å². The normalized spacial score (nSPS) is 16.2. The van der Waals surface area contributed by atoms with Crippen LogP contribution in [0.5, 0.6) is 0 Å². The fourth-order valence-corrected chi connectivity index (χ4v) is 4.51. The minimum Gasteiger partial charge on any atom is -0.466 e. The fraction of sp³-hybridized carbons (Fsp3) is 0.550. The quantitative estimate of drug-likeness (QED) is 0.474. The molecule has 1 N–H and O–H groups in total. The number of ether oxygens (including phenoxy) is 1. The highest BCUT2D eigenvalue weighted by Gasteiger charge is 2.30. The molecule has 0 radical (unpaired) electrons. The summed E-state index contributed by atoms with van der Waals surface area (Å²) in [6.07, 6.45) is 1.66. The minimum absolute atomic E-state index is 0.0249. The van der Waals surface area contributed by atoms with Gasteiger partial charge in [-0.2, -0.15) is 5.10 Å². The maximum absolute atomic E-state index is 12.7. The van der Waals surface area contributed by atoms with E-state index < -0.39 is 0 Å². The van der Waals surface area contributed by atoms with Crippen molar-refractivity contribution in [3.05, 3.63) is 22.3 Å². The summed E-state index contributed by atoms with van der Waals surface area (Å²) < 4.78 is 7.33. The van der Waals surface area contributed by atoms with Gasteiger partial charge in [0.15, 0.2) is 10.6 Å². The molecule has 9 nitrogen and oxygen atoms in total. The van der Waals surface area contributed by atoms with E-state index in [1.54, 1.807) is 34.8 Å². The highest BCUT2D eigenvalue weighted by Crippen LogP contribution is 2.23. The molecule has 2 aromatic heterocycles. The summed E-state index contributed by atoms with van der Waals surface area (Å²) in [5, 5.41) is 8.99. The first-order chi connectivity index (χ1) is 14.9. The van der Waals surface area contributed by atoms with E-state index in [4.69, 9.17) is 17.0 Å². The van der Waals surface area contributed by atoms with Crippen LogP contribution in [-0.2, 0) is 25.7 Å². The Kier molecular flexibility index (Phi) is 7.97. The van der Waals surface area contributed by atoms with Crippen LogP contribution < -0.4 is 0 Å². The predicted molar refractivity (Wildman–Crippen MR) is 119 cm³/mol. The van der Waals surface area contributed by atoms with E-state index in [2.05, 4.69) is 10.2 Å². The van der Waals surface area contributed by atoms with Crippen LogP contribution in [0.4, 0.5) is 0 Å². The monoisotopic (exact) mass is 465 g/mol. The number of carbonyl (C=O) groups is 3. The highest BCUT2D eigenvalue weighted by atomic mass is 32.1. The first-order valence-electron chi connectivity index (χ1n) is 10.3. The van der Waals surface area contributed by atoms with Crippen molar-refractivity contribution in [3.63, 3.8) is 0 Å². The fourth-order valence-electron chi connectivity index (χ4n) is 3.56. The number of hydrogen-bond donors (Lipinski definition) is 1. The summed E-state index contributed by atoms with van der Waals surface area (Å²) in [7, 11) is 1.61. The number of nitrogens with one attached hydrogen (secondary N) is 1. The highest BCUT2D eigenvalue weighted by molar-refractivity contribution is 7.71. The summed E-state index contributed by atoms with van der Waals surface area (Å²) >= 11 is 6.84. The number of esters is 1. The molecule has 1 aliphatic rings. The summed E-state index contributed by atoms with van der Waals surface area (Å²) in [5.41, 5.74) is 0. The van der Waals surface area contributed by atoms with Gasteiger partial charge in [-0.15, -0.1) is 11.3 Å². The number of rotatable bonds is 8. The molecule has 1 atom stereocenters. The SMILES string of the molecule is CCOC(=O)C1CCCN(C(=O)CN(C)C(=O)CCn2c(-c3cccs3)n[nH]c2=S)C1. The van der Waals surface area contributed by atoms with Crippen LogP contribution in [-0.4, -0.2) is 75.6 Å². The molecular weight excluding hydrogens is 438 g/mol. The van der Waals surface area contributed by atoms with Crippen LogP contribution in [0, 0.1) is 10.7 Å². The largest absolute Gasteiger partial charge is 0.466 e. The molecule has 1 fully saturated rings. The Morgan fingerprint density at radius 2 is 2.23 bits per heavy atom. The molecule has 0 bridgehead atoms. The van der Waals surface area contributed by atoms with Gasteiger partial charge in [0.25, 0.3) is 0 Å². The first-order valence-corrected chi connectivity index (χ1v) is 11.6. The molecule has 168 valence electrons. The lowest BCUT2D eigenvalue weighted by atomic mass is 9.98. The maximum atomic E-state index is 12.7. The number of aromatic nitrogens is 3. The molecule has 1 aliphatic heterocycles. The lowest BCUT2D eigenvalue weighted by molar-refractivity contribution is -0.152. The third-order valence-corrected chi connectivity index (χ3v) is 6.42. The Morgan fingerprint density at radius 3 is 2.94 bits per heavy atom. The van der Waals surface area contributed by atoms with E-state index in [1.165, 1.54) is 4.90 Å². The first kappa shape index (κ1) is 23.1. The molecule has 3 heterocycles. The van der Waals surface area contributed by atoms with Gasteiger partial charge in [0.05, 0.1) is 23.9 Å². The van der Waals surface area contributed by atoms with Crippen LogP contribution in [0.2, 0.25) is 0 Å². The lowest BCUT2D eigenvalue weighted by Gasteiger charge is -2.32. The number of carbonyl (C=O) groups excluding carboxylic acids is 3. The zero-order chi connectivity index (χ0) is 22.4. The number of amides is 2. The number of hydrogen-bond acceptors (Lipinski definition) is 7. The van der Waals surface area contributed by atoms with E-state index in [0.717, 1.165) is 17.7 Å². The number of thiophene rings is 1. The van der Waals surface area contributed by atoms with E-state index in [0.29, 0.717) is 36.8 Å². The number of likely N-dealkylation sites (tertiary alicyclic amines) is 1. The maximum Gasteiger partial charge on any atom is 0.310 e. The van der Waals surface area contributed by atoms with Gasteiger partial charge in [-0.3, -0.25) is 24.0 Å². The average molecular weight is 466 g/mol. The van der Waals surface area contributed by atoms with Crippen molar-refractivity contribution >= 4 is 41.3 Å². The van der Waals surface area contributed by atoms with Gasteiger partial charge in [-0.1, -0.05) is 6.07 Å². The molecule has 31 heavy (non-hydrogen) atoms. The summed E-state index contributed by atoms with van der Waals surface area (Å²) in [6, 6.07) is 3.88. The zero-order valence-electron chi connectivity index (χ0n) is 17.7. The number of aromatic amines is 1. The Hall–Kier alpha value is -2.53. The molecule has 0 aromatic carbocycles. The Morgan fingerprint density at radius 1 is 1.42 bits per heavy atom. The molecule has 2 amide bonds. The van der Waals surface area contributed by atoms with Gasteiger partial charge >= 0.3 is 5.97 Å². The molecule has 0 aliphatic carbocycles. The van der Waals surface area contributed by atoms with Crippen LogP contribution >= 0.6 is 23.6 Å². The molecule has 1 unspecified atom stereocenters. The van der Waals surface area contributed by atoms with Crippen molar-refractivity contribution in [1.29, 1.82) is 0 Å². The molecule has 2 aromatic rings. The van der Waals surface area contributed by atoms with Crippen molar-refractivity contribution in [2.24, 2.45) is 5.92 Å².